The van der Waals surface area contributed by atoms with Gasteiger partial charge in [0.2, 0.25) is 0 Å². The van der Waals surface area contributed by atoms with E-state index in [4.69, 9.17) is 14.2 Å². The minimum absolute atomic E-state index is 0.0410. The van der Waals surface area contributed by atoms with Gasteiger partial charge in [0.05, 0.1) is 28.5 Å². The lowest BCUT2D eigenvalue weighted by molar-refractivity contribution is -0.0562. The molecule has 1 fully saturated rings. The first-order valence-electron chi connectivity index (χ1n) is 12.0. The number of carbonyl (C=O) groups is 2. The highest BCUT2D eigenvalue weighted by Gasteiger charge is 2.40. The summed E-state index contributed by atoms with van der Waals surface area (Å²) in [6, 6.07) is 20.3. The van der Waals surface area contributed by atoms with Crippen LogP contribution in [0.5, 0.6) is 0 Å². The number of rotatable bonds is 6. The van der Waals surface area contributed by atoms with E-state index in [2.05, 4.69) is 4.98 Å². The largest absolute Gasteiger partial charge is 0.459 e. The SMILES string of the molecule is Cc1ccc(C(=O)OC[C@H]2O[C@@H](n3cnc4cccc(C)c43)C[C@@H]2OC(=O)c2ccc(C)cc2)cc1. The van der Waals surface area contributed by atoms with Crippen LogP contribution in [-0.4, -0.2) is 40.3 Å². The number of ether oxygens (including phenoxy) is 3. The van der Waals surface area contributed by atoms with Gasteiger partial charge in [-0.1, -0.05) is 47.5 Å². The Labute approximate surface area is 209 Å². The van der Waals surface area contributed by atoms with Gasteiger partial charge in [-0.25, -0.2) is 14.6 Å². The summed E-state index contributed by atoms with van der Waals surface area (Å²) in [5.41, 5.74) is 5.92. The van der Waals surface area contributed by atoms with Crippen molar-refractivity contribution in [2.75, 3.05) is 6.61 Å². The molecule has 0 aliphatic carbocycles. The summed E-state index contributed by atoms with van der Waals surface area (Å²) in [5.74, 6) is -0.889. The van der Waals surface area contributed by atoms with Crippen LogP contribution in [0.2, 0.25) is 0 Å². The van der Waals surface area contributed by atoms with E-state index in [9.17, 15) is 9.59 Å². The average Bonchev–Trinajstić information content (AvgIpc) is 3.48. The molecule has 3 aromatic carbocycles. The minimum Gasteiger partial charge on any atom is -0.459 e. The Morgan fingerprint density at radius 2 is 1.56 bits per heavy atom. The van der Waals surface area contributed by atoms with E-state index in [0.717, 1.165) is 27.7 Å². The Bertz CT molecular complexity index is 1390. The zero-order valence-corrected chi connectivity index (χ0v) is 20.5. The second-order valence-electron chi connectivity index (χ2n) is 9.23. The normalized spacial score (nSPS) is 19.4. The second-order valence-corrected chi connectivity index (χ2v) is 9.23. The van der Waals surface area contributed by atoms with Crippen molar-refractivity contribution >= 4 is 23.0 Å². The van der Waals surface area contributed by atoms with Crippen molar-refractivity contribution in [1.29, 1.82) is 0 Å². The summed E-state index contributed by atoms with van der Waals surface area (Å²) >= 11 is 0. The van der Waals surface area contributed by atoms with Crippen LogP contribution in [-0.2, 0) is 14.2 Å². The molecule has 184 valence electrons. The number of imidazole rings is 1. The zero-order valence-electron chi connectivity index (χ0n) is 20.5. The first kappa shape index (κ1) is 23.8. The van der Waals surface area contributed by atoms with E-state index in [1.165, 1.54) is 0 Å². The molecule has 5 rings (SSSR count). The van der Waals surface area contributed by atoms with Crippen LogP contribution in [0.1, 0.15) is 50.1 Å². The molecule has 7 nitrogen and oxygen atoms in total. The van der Waals surface area contributed by atoms with E-state index in [0.29, 0.717) is 17.5 Å². The fraction of sp³-hybridized carbons (Fsp3) is 0.276. The molecular formula is C29H28N2O5. The predicted molar refractivity (Wildman–Crippen MR) is 135 cm³/mol. The number of hydrogen-bond donors (Lipinski definition) is 0. The Balaban J connectivity index is 1.36. The summed E-state index contributed by atoms with van der Waals surface area (Å²) < 4.78 is 19.7. The van der Waals surface area contributed by atoms with Crippen molar-refractivity contribution in [2.24, 2.45) is 0 Å². The number of aryl methyl sites for hydroxylation is 3. The molecule has 0 radical (unpaired) electrons. The Morgan fingerprint density at radius 3 is 2.22 bits per heavy atom. The first-order valence-corrected chi connectivity index (χ1v) is 12.0. The zero-order chi connectivity index (χ0) is 25.2. The van der Waals surface area contributed by atoms with Crippen LogP contribution in [0.4, 0.5) is 0 Å². The summed E-state index contributed by atoms with van der Waals surface area (Å²) in [4.78, 5) is 30.0. The summed E-state index contributed by atoms with van der Waals surface area (Å²) in [6.07, 6.45) is 0.498. The molecule has 36 heavy (non-hydrogen) atoms. The van der Waals surface area contributed by atoms with Gasteiger partial charge in [-0.3, -0.25) is 0 Å². The van der Waals surface area contributed by atoms with Gasteiger partial charge in [0.15, 0.2) is 0 Å². The third kappa shape index (κ3) is 4.88. The fourth-order valence-corrected chi connectivity index (χ4v) is 4.46. The van der Waals surface area contributed by atoms with E-state index in [1.807, 2.05) is 67.8 Å². The molecule has 0 N–H and O–H groups in total. The molecule has 1 aliphatic rings. The fourth-order valence-electron chi connectivity index (χ4n) is 4.46. The van der Waals surface area contributed by atoms with Crippen LogP contribution in [0, 0.1) is 20.8 Å². The van der Waals surface area contributed by atoms with E-state index >= 15 is 0 Å². The summed E-state index contributed by atoms with van der Waals surface area (Å²) in [5, 5.41) is 0. The molecule has 0 spiro atoms. The van der Waals surface area contributed by atoms with Crippen LogP contribution >= 0.6 is 0 Å². The maximum Gasteiger partial charge on any atom is 0.338 e. The minimum atomic E-state index is -0.625. The number of nitrogens with zero attached hydrogens (tertiary/aromatic N) is 2. The van der Waals surface area contributed by atoms with Gasteiger partial charge in [0, 0.05) is 6.42 Å². The van der Waals surface area contributed by atoms with Crippen molar-refractivity contribution < 1.29 is 23.8 Å². The third-order valence-electron chi connectivity index (χ3n) is 6.50. The molecule has 1 aromatic heterocycles. The van der Waals surface area contributed by atoms with Crippen molar-refractivity contribution in [3.8, 4) is 0 Å². The highest BCUT2D eigenvalue weighted by Crippen LogP contribution is 2.34. The molecule has 0 saturated carbocycles. The van der Waals surface area contributed by atoms with Gasteiger partial charge in [-0.15, -0.1) is 0 Å². The molecule has 7 heteroatoms. The van der Waals surface area contributed by atoms with Gasteiger partial charge in [-0.2, -0.15) is 0 Å². The quantitative estimate of drug-likeness (QED) is 0.344. The number of esters is 2. The van der Waals surface area contributed by atoms with Gasteiger partial charge >= 0.3 is 11.9 Å². The average molecular weight is 485 g/mol. The Hall–Kier alpha value is -3.97. The van der Waals surface area contributed by atoms with E-state index < -0.39 is 30.4 Å². The van der Waals surface area contributed by atoms with Crippen molar-refractivity contribution in [3.63, 3.8) is 0 Å². The molecule has 1 saturated heterocycles. The topological polar surface area (TPSA) is 79.7 Å². The van der Waals surface area contributed by atoms with Crippen LogP contribution in [0.25, 0.3) is 11.0 Å². The number of hydrogen-bond acceptors (Lipinski definition) is 6. The van der Waals surface area contributed by atoms with Crippen LogP contribution in [0.15, 0.2) is 73.1 Å². The van der Waals surface area contributed by atoms with Crippen molar-refractivity contribution in [3.05, 3.63) is 101 Å². The molecule has 0 bridgehead atoms. The van der Waals surface area contributed by atoms with Crippen molar-refractivity contribution in [1.82, 2.24) is 9.55 Å². The molecule has 1 aliphatic heterocycles. The second kappa shape index (κ2) is 9.95. The smallest absolute Gasteiger partial charge is 0.338 e. The number of aromatic nitrogens is 2. The lowest BCUT2D eigenvalue weighted by atomic mass is 10.1. The maximum atomic E-state index is 12.9. The number of benzene rings is 3. The Morgan fingerprint density at radius 1 is 0.917 bits per heavy atom. The Kier molecular flexibility index (Phi) is 6.57. The molecule has 0 unspecified atom stereocenters. The van der Waals surface area contributed by atoms with Crippen LogP contribution < -0.4 is 0 Å². The third-order valence-corrected chi connectivity index (χ3v) is 6.50. The van der Waals surface area contributed by atoms with Gasteiger partial charge < -0.3 is 18.8 Å². The molecule has 4 aromatic rings. The standard InChI is InChI=1S/C29H28N2O5/c1-18-7-11-21(12-8-18)28(32)34-16-25-24(36-29(33)22-13-9-19(2)10-14-22)15-26(35-25)31-17-30-23-6-4-5-20(3)27(23)31/h4-14,17,24-26H,15-16H2,1-3H3/t24-,25+,26+/m0/s1. The molecule has 0 amide bonds. The number of fused-ring (bicyclic) bond motifs is 1. The first-order chi connectivity index (χ1) is 17.4. The van der Waals surface area contributed by atoms with Gasteiger partial charge in [0.25, 0.3) is 0 Å². The lowest BCUT2D eigenvalue weighted by Crippen LogP contribution is -2.32. The number of para-hydroxylation sites is 1. The van der Waals surface area contributed by atoms with Gasteiger partial charge in [0.1, 0.15) is 25.0 Å². The molecular weight excluding hydrogens is 456 g/mol. The lowest BCUT2D eigenvalue weighted by Gasteiger charge is -2.19. The monoisotopic (exact) mass is 484 g/mol. The van der Waals surface area contributed by atoms with Crippen LogP contribution in [0.3, 0.4) is 0 Å². The van der Waals surface area contributed by atoms with E-state index in [1.54, 1.807) is 30.6 Å². The summed E-state index contributed by atoms with van der Waals surface area (Å²) in [6.45, 7) is 5.89. The number of carbonyl (C=O) groups excluding carboxylic acids is 2. The highest BCUT2D eigenvalue weighted by atomic mass is 16.6. The summed E-state index contributed by atoms with van der Waals surface area (Å²) in [7, 11) is 0. The van der Waals surface area contributed by atoms with Crippen molar-refractivity contribution in [2.45, 2.75) is 45.6 Å². The van der Waals surface area contributed by atoms with E-state index in [-0.39, 0.29) is 6.61 Å². The molecule has 3 atom stereocenters. The van der Waals surface area contributed by atoms with Gasteiger partial charge in [-0.05, 0) is 56.7 Å². The molecule has 2 heterocycles. The maximum absolute atomic E-state index is 12.9. The predicted octanol–water partition coefficient (Wildman–Crippen LogP) is 5.33. The highest BCUT2D eigenvalue weighted by molar-refractivity contribution is 5.90.